The van der Waals surface area contributed by atoms with Gasteiger partial charge in [0.25, 0.3) is 0 Å². The zero-order chi connectivity index (χ0) is 12.8. The summed E-state index contributed by atoms with van der Waals surface area (Å²) < 4.78 is 0. The molecule has 0 aromatic heterocycles. The average molecular weight is 264 g/mol. The molecule has 1 aliphatic carbocycles. The summed E-state index contributed by atoms with van der Waals surface area (Å²) >= 11 is 1.96. The van der Waals surface area contributed by atoms with Crippen LogP contribution in [0.25, 0.3) is 0 Å². The number of rotatable bonds is 5. The van der Waals surface area contributed by atoms with E-state index in [4.69, 9.17) is 0 Å². The molecule has 100 valence electrons. The molecule has 0 aliphatic heterocycles. The molecule has 1 aromatic rings. The summed E-state index contributed by atoms with van der Waals surface area (Å²) in [6, 6.07) is 8.41. The number of hydrogen-bond donors (Lipinski definition) is 1. The van der Waals surface area contributed by atoms with Gasteiger partial charge in [0.05, 0.1) is 6.10 Å². The Morgan fingerprint density at radius 2 is 2.06 bits per heavy atom. The van der Waals surface area contributed by atoms with Gasteiger partial charge in [0.15, 0.2) is 0 Å². The van der Waals surface area contributed by atoms with Crippen molar-refractivity contribution in [2.75, 3.05) is 5.75 Å². The normalized spacial score (nSPS) is 18.8. The SMILES string of the molecule is CCC(O)c1cccc(SCC2CCCCC2)c1. The number of thioether (sulfide) groups is 1. The van der Waals surface area contributed by atoms with Crippen molar-refractivity contribution in [2.24, 2.45) is 5.92 Å². The predicted molar refractivity (Wildman–Crippen MR) is 79.0 cm³/mol. The van der Waals surface area contributed by atoms with Crippen LogP contribution < -0.4 is 0 Å². The molecule has 1 aliphatic rings. The second-order valence-corrected chi connectivity index (χ2v) is 6.40. The lowest BCUT2D eigenvalue weighted by atomic mass is 9.91. The van der Waals surface area contributed by atoms with E-state index in [-0.39, 0.29) is 6.10 Å². The highest BCUT2D eigenvalue weighted by molar-refractivity contribution is 7.99. The number of aliphatic hydroxyl groups excluding tert-OH is 1. The van der Waals surface area contributed by atoms with Crippen molar-refractivity contribution in [3.8, 4) is 0 Å². The summed E-state index contributed by atoms with van der Waals surface area (Å²) in [4.78, 5) is 1.31. The van der Waals surface area contributed by atoms with Gasteiger partial charge in [-0.2, -0.15) is 0 Å². The lowest BCUT2D eigenvalue weighted by molar-refractivity contribution is 0.173. The van der Waals surface area contributed by atoms with E-state index in [2.05, 4.69) is 18.2 Å². The van der Waals surface area contributed by atoms with E-state index >= 15 is 0 Å². The van der Waals surface area contributed by atoms with Gasteiger partial charge in [0, 0.05) is 10.6 Å². The number of hydrogen-bond acceptors (Lipinski definition) is 2. The van der Waals surface area contributed by atoms with E-state index in [0.717, 1.165) is 17.9 Å². The number of benzene rings is 1. The third-order valence-corrected chi connectivity index (χ3v) is 5.07. The first-order valence-electron chi connectivity index (χ1n) is 7.20. The molecule has 0 amide bonds. The minimum Gasteiger partial charge on any atom is -0.388 e. The Morgan fingerprint density at radius 1 is 1.28 bits per heavy atom. The lowest BCUT2D eigenvalue weighted by Crippen LogP contribution is -2.08. The van der Waals surface area contributed by atoms with Crippen molar-refractivity contribution >= 4 is 11.8 Å². The van der Waals surface area contributed by atoms with Gasteiger partial charge >= 0.3 is 0 Å². The van der Waals surface area contributed by atoms with Gasteiger partial charge in [-0.3, -0.25) is 0 Å². The van der Waals surface area contributed by atoms with Crippen molar-refractivity contribution < 1.29 is 5.11 Å². The van der Waals surface area contributed by atoms with Crippen LogP contribution in [0.15, 0.2) is 29.2 Å². The summed E-state index contributed by atoms with van der Waals surface area (Å²) in [7, 11) is 0. The van der Waals surface area contributed by atoms with Gasteiger partial charge in [0.2, 0.25) is 0 Å². The van der Waals surface area contributed by atoms with Crippen molar-refractivity contribution in [1.29, 1.82) is 0 Å². The summed E-state index contributed by atoms with van der Waals surface area (Å²) in [5.74, 6) is 2.15. The second-order valence-electron chi connectivity index (χ2n) is 5.31. The Morgan fingerprint density at radius 3 is 2.78 bits per heavy atom. The van der Waals surface area contributed by atoms with E-state index in [1.54, 1.807) is 0 Å². The highest BCUT2D eigenvalue weighted by Crippen LogP contribution is 2.31. The molecule has 1 N–H and O–H groups in total. The van der Waals surface area contributed by atoms with E-state index in [0.29, 0.717) is 0 Å². The quantitative estimate of drug-likeness (QED) is 0.771. The summed E-state index contributed by atoms with van der Waals surface area (Å²) in [5, 5.41) is 9.86. The van der Waals surface area contributed by atoms with Crippen LogP contribution in [0, 0.1) is 5.92 Å². The molecular weight excluding hydrogens is 240 g/mol. The summed E-state index contributed by atoms with van der Waals surface area (Å²) in [6.45, 7) is 2.02. The molecular formula is C16H24OS. The van der Waals surface area contributed by atoms with E-state index < -0.39 is 0 Å². The van der Waals surface area contributed by atoms with Crippen molar-refractivity contribution in [3.05, 3.63) is 29.8 Å². The molecule has 0 radical (unpaired) electrons. The Kier molecular flexibility index (Phi) is 5.58. The van der Waals surface area contributed by atoms with Crippen LogP contribution in [0.5, 0.6) is 0 Å². The second kappa shape index (κ2) is 7.20. The maximum Gasteiger partial charge on any atom is 0.0787 e. The molecule has 1 unspecified atom stereocenters. The van der Waals surface area contributed by atoms with Crippen LogP contribution in [0.4, 0.5) is 0 Å². The third-order valence-electron chi connectivity index (χ3n) is 3.84. The topological polar surface area (TPSA) is 20.2 Å². The van der Waals surface area contributed by atoms with E-state index in [1.807, 2.05) is 24.8 Å². The fourth-order valence-electron chi connectivity index (χ4n) is 2.62. The summed E-state index contributed by atoms with van der Waals surface area (Å²) in [5.41, 5.74) is 1.06. The molecule has 1 fully saturated rings. The Labute approximate surface area is 115 Å². The van der Waals surface area contributed by atoms with Crippen LogP contribution in [0.3, 0.4) is 0 Å². The fourth-order valence-corrected chi connectivity index (χ4v) is 3.77. The number of aliphatic hydroxyl groups is 1. The van der Waals surface area contributed by atoms with Crippen molar-refractivity contribution in [3.63, 3.8) is 0 Å². The summed E-state index contributed by atoms with van der Waals surface area (Å²) in [6.07, 6.45) is 7.56. The molecule has 2 heteroatoms. The maximum absolute atomic E-state index is 9.86. The van der Waals surface area contributed by atoms with Crippen LogP contribution in [0.2, 0.25) is 0 Å². The van der Waals surface area contributed by atoms with Crippen LogP contribution >= 0.6 is 11.8 Å². The first-order chi connectivity index (χ1) is 8.79. The molecule has 2 rings (SSSR count). The van der Waals surface area contributed by atoms with Gasteiger partial charge in [-0.25, -0.2) is 0 Å². The third kappa shape index (κ3) is 4.03. The monoisotopic (exact) mass is 264 g/mol. The molecule has 0 saturated heterocycles. The Hall–Kier alpha value is -0.470. The fraction of sp³-hybridized carbons (Fsp3) is 0.625. The van der Waals surface area contributed by atoms with Crippen LogP contribution in [0.1, 0.15) is 57.1 Å². The minimum atomic E-state index is -0.305. The van der Waals surface area contributed by atoms with Gasteiger partial charge in [-0.15, -0.1) is 11.8 Å². The van der Waals surface area contributed by atoms with Gasteiger partial charge in [0.1, 0.15) is 0 Å². The predicted octanol–water partition coefficient (Wildman–Crippen LogP) is 4.80. The molecule has 1 aromatic carbocycles. The molecule has 0 bridgehead atoms. The molecule has 0 spiro atoms. The molecule has 1 atom stereocenters. The molecule has 18 heavy (non-hydrogen) atoms. The van der Waals surface area contributed by atoms with Crippen LogP contribution in [-0.4, -0.2) is 10.9 Å². The zero-order valence-electron chi connectivity index (χ0n) is 11.3. The van der Waals surface area contributed by atoms with Crippen LogP contribution in [-0.2, 0) is 0 Å². The largest absolute Gasteiger partial charge is 0.388 e. The molecule has 1 saturated carbocycles. The Bertz CT molecular complexity index is 358. The zero-order valence-corrected chi connectivity index (χ0v) is 12.1. The van der Waals surface area contributed by atoms with Gasteiger partial charge in [-0.1, -0.05) is 38.3 Å². The average Bonchev–Trinajstić information content (AvgIpc) is 2.45. The molecule has 0 heterocycles. The highest BCUT2D eigenvalue weighted by Gasteiger charge is 2.13. The maximum atomic E-state index is 9.86. The van der Waals surface area contributed by atoms with Gasteiger partial charge < -0.3 is 5.11 Å². The van der Waals surface area contributed by atoms with E-state index in [9.17, 15) is 5.11 Å². The minimum absolute atomic E-state index is 0.305. The first-order valence-corrected chi connectivity index (χ1v) is 8.19. The lowest BCUT2D eigenvalue weighted by Gasteiger charge is -2.21. The molecule has 1 nitrogen and oxygen atoms in total. The van der Waals surface area contributed by atoms with Gasteiger partial charge in [-0.05, 0) is 42.9 Å². The Balaban J connectivity index is 1.88. The van der Waals surface area contributed by atoms with Crippen molar-refractivity contribution in [2.45, 2.75) is 56.4 Å². The highest BCUT2D eigenvalue weighted by atomic mass is 32.2. The van der Waals surface area contributed by atoms with E-state index in [1.165, 1.54) is 42.8 Å². The standard InChI is InChI=1S/C16H24OS/c1-2-16(17)14-9-6-10-15(11-14)18-12-13-7-4-3-5-8-13/h6,9-11,13,16-17H,2-5,7-8,12H2,1H3. The smallest absolute Gasteiger partial charge is 0.0787 e. The first kappa shape index (κ1) is 14.0. The van der Waals surface area contributed by atoms with Crippen molar-refractivity contribution in [1.82, 2.24) is 0 Å².